The molecule has 0 spiro atoms. The van der Waals surface area contributed by atoms with Crippen LogP contribution in [0.4, 0.5) is 24.5 Å². The van der Waals surface area contributed by atoms with Crippen molar-refractivity contribution >= 4 is 33.2 Å². The molecule has 0 aliphatic carbocycles. The second kappa shape index (κ2) is 5.54. The van der Waals surface area contributed by atoms with Crippen molar-refractivity contribution < 1.29 is 18.0 Å². The van der Waals surface area contributed by atoms with E-state index in [0.29, 0.717) is 10.5 Å². The highest BCUT2D eigenvalue weighted by atomic mass is 79.9. The molecule has 0 atom stereocenters. The van der Waals surface area contributed by atoms with E-state index in [1.54, 1.807) is 0 Å². The van der Waals surface area contributed by atoms with Gasteiger partial charge in [-0.3, -0.25) is 4.79 Å². The van der Waals surface area contributed by atoms with Crippen molar-refractivity contribution in [2.75, 3.05) is 11.1 Å². The Labute approximate surface area is 120 Å². The molecule has 0 aromatic heterocycles. The minimum Gasteiger partial charge on any atom is -0.396 e. The fourth-order valence-corrected chi connectivity index (χ4v) is 1.90. The van der Waals surface area contributed by atoms with Crippen LogP contribution >= 0.6 is 15.9 Å². The lowest BCUT2D eigenvalue weighted by atomic mass is 10.1. The van der Waals surface area contributed by atoms with E-state index in [4.69, 9.17) is 5.73 Å². The quantitative estimate of drug-likeness (QED) is 0.816. The number of anilines is 2. The Morgan fingerprint density at radius 3 is 2.50 bits per heavy atom. The number of nitrogens with two attached hydrogens (primary N) is 1. The third kappa shape index (κ3) is 2.93. The summed E-state index contributed by atoms with van der Waals surface area (Å²) >= 11 is 3.11. The molecule has 0 fully saturated rings. The Morgan fingerprint density at radius 1 is 1.10 bits per heavy atom. The molecule has 0 bridgehead atoms. The first-order valence-corrected chi connectivity index (χ1v) is 6.18. The molecule has 0 saturated heterocycles. The summed E-state index contributed by atoms with van der Waals surface area (Å²) < 4.78 is 40.3. The fraction of sp³-hybridized carbons (Fsp3) is 0. The van der Waals surface area contributed by atoms with E-state index < -0.39 is 34.6 Å². The number of amides is 1. The second-order valence-electron chi connectivity index (χ2n) is 3.93. The van der Waals surface area contributed by atoms with Crippen molar-refractivity contribution in [3.05, 3.63) is 57.8 Å². The Kier molecular flexibility index (Phi) is 3.99. The van der Waals surface area contributed by atoms with Crippen molar-refractivity contribution in [1.29, 1.82) is 0 Å². The van der Waals surface area contributed by atoms with Crippen LogP contribution in [0.1, 0.15) is 10.4 Å². The Balaban J connectivity index is 2.35. The highest BCUT2D eigenvalue weighted by Gasteiger charge is 2.17. The third-order valence-corrected chi connectivity index (χ3v) is 3.18. The molecule has 2 aromatic rings. The first kappa shape index (κ1) is 14.4. The molecule has 1 amide bonds. The molecular formula is C13H8BrF3N2O. The van der Waals surface area contributed by atoms with Crippen LogP contribution in [0, 0.1) is 17.5 Å². The number of halogens is 4. The molecule has 0 aliphatic heterocycles. The Morgan fingerprint density at radius 2 is 1.80 bits per heavy atom. The monoisotopic (exact) mass is 344 g/mol. The summed E-state index contributed by atoms with van der Waals surface area (Å²) in [4.78, 5) is 11.9. The standard InChI is InChI=1S/C13H8BrF3N2O/c14-9-2-1-6(15)5-11(9)19-13(20)8-3-7(16)4-10(18)12(8)17/h1-5H,18H2,(H,19,20). The van der Waals surface area contributed by atoms with Gasteiger partial charge in [-0.1, -0.05) is 0 Å². The number of benzene rings is 2. The van der Waals surface area contributed by atoms with Crippen molar-refractivity contribution in [1.82, 2.24) is 0 Å². The van der Waals surface area contributed by atoms with Crippen LogP contribution in [0.2, 0.25) is 0 Å². The maximum atomic E-state index is 13.7. The molecular weight excluding hydrogens is 337 g/mol. The van der Waals surface area contributed by atoms with Gasteiger partial charge in [0.05, 0.1) is 16.9 Å². The van der Waals surface area contributed by atoms with E-state index in [1.807, 2.05) is 0 Å². The number of hydrogen-bond donors (Lipinski definition) is 2. The predicted octanol–water partition coefficient (Wildman–Crippen LogP) is 3.70. The first-order valence-electron chi connectivity index (χ1n) is 5.39. The lowest BCUT2D eigenvalue weighted by molar-refractivity contribution is 0.102. The molecule has 0 heterocycles. The molecule has 3 nitrogen and oxygen atoms in total. The van der Waals surface area contributed by atoms with Gasteiger partial charge in [-0.15, -0.1) is 0 Å². The fourth-order valence-electron chi connectivity index (χ4n) is 1.56. The van der Waals surface area contributed by atoms with Gasteiger partial charge in [0.2, 0.25) is 0 Å². The van der Waals surface area contributed by atoms with E-state index in [-0.39, 0.29) is 5.69 Å². The zero-order valence-electron chi connectivity index (χ0n) is 9.88. The molecule has 7 heteroatoms. The maximum absolute atomic E-state index is 13.7. The normalized spacial score (nSPS) is 10.4. The average molecular weight is 345 g/mol. The van der Waals surface area contributed by atoms with Crippen molar-refractivity contribution in [3.8, 4) is 0 Å². The van der Waals surface area contributed by atoms with Crippen molar-refractivity contribution in [2.45, 2.75) is 0 Å². The molecule has 2 rings (SSSR count). The number of nitrogen functional groups attached to an aromatic ring is 1. The smallest absolute Gasteiger partial charge is 0.258 e. The molecule has 0 radical (unpaired) electrons. The summed E-state index contributed by atoms with van der Waals surface area (Å²) in [7, 11) is 0. The molecule has 0 unspecified atom stereocenters. The summed E-state index contributed by atoms with van der Waals surface area (Å²) in [6.45, 7) is 0. The molecule has 0 saturated carbocycles. The van der Waals surface area contributed by atoms with Crippen LogP contribution in [0.5, 0.6) is 0 Å². The van der Waals surface area contributed by atoms with Crippen LogP contribution in [-0.4, -0.2) is 5.91 Å². The molecule has 2 aromatic carbocycles. The van der Waals surface area contributed by atoms with Crippen LogP contribution in [-0.2, 0) is 0 Å². The van der Waals surface area contributed by atoms with Gasteiger partial charge in [0, 0.05) is 4.47 Å². The highest BCUT2D eigenvalue weighted by Crippen LogP contribution is 2.25. The third-order valence-electron chi connectivity index (χ3n) is 2.49. The van der Waals surface area contributed by atoms with Crippen LogP contribution < -0.4 is 11.1 Å². The van der Waals surface area contributed by atoms with Crippen molar-refractivity contribution in [2.24, 2.45) is 0 Å². The maximum Gasteiger partial charge on any atom is 0.258 e. The lowest BCUT2D eigenvalue weighted by Crippen LogP contribution is -2.15. The zero-order chi connectivity index (χ0) is 14.9. The van der Waals surface area contributed by atoms with Crippen molar-refractivity contribution in [3.63, 3.8) is 0 Å². The minimum absolute atomic E-state index is 0.0947. The number of nitrogens with one attached hydrogen (secondary N) is 1. The van der Waals surface area contributed by atoms with Crippen LogP contribution in [0.25, 0.3) is 0 Å². The van der Waals surface area contributed by atoms with Crippen LogP contribution in [0.3, 0.4) is 0 Å². The minimum atomic E-state index is -1.03. The Hall–Kier alpha value is -2.02. The second-order valence-corrected chi connectivity index (χ2v) is 4.79. The number of hydrogen-bond acceptors (Lipinski definition) is 2. The highest BCUT2D eigenvalue weighted by molar-refractivity contribution is 9.10. The van der Waals surface area contributed by atoms with Gasteiger partial charge in [0.1, 0.15) is 11.6 Å². The first-order chi connectivity index (χ1) is 9.38. The number of carbonyl (C=O) groups is 1. The van der Waals surface area contributed by atoms with E-state index in [1.165, 1.54) is 12.1 Å². The van der Waals surface area contributed by atoms with Gasteiger partial charge in [0.15, 0.2) is 5.82 Å². The van der Waals surface area contributed by atoms with Gasteiger partial charge >= 0.3 is 0 Å². The zero-order valence-corrected chi connectivity index (χ0v) is 11.5. The Bertz CT molecular complexity index is 692. The summed E-state index contributed by atoms with van der Waals surface area (Å²) in [5.74, 6) is -3.38. The van der Waals surface area contributed by atoms with Gasteiger partial charge in [-0.2, -0.15) is 0 Å². The van der Waals surface area contributed by atoms with Crippen LogP contribution in [0.15, 0.2) is 34.8 Å². The average Bonchev–Trinajstić information content (AvgIpc) is 2.38. The van der Waals surface area contributed by atoms with E-state index in [9.17, 15) is 18.0 Å². The lowest BCUT2D eigenvalue weighted by Gasteiger charge is -2.09. The largest absolute Gasteiger partial charge is 0.396 e. The molecule has 0 aliphatic rings. The molecule has 3 N–H and O–H groups in total. The number of carbonyl (C=O) groups excluding carboxylic acids is 1. The molecule has 104 valence electrons. The SMILES string of the molecule is Nc1cc(F)cc(C(=O)Nc2cc(F)ccc2Br)c1F. The van der Waals surface area contributed by atoms with E-state index in [2.05, 4.69) is 21.2 Å². The summed E-state index contributed by atoms with van der Waals surface area (Å²) in [6.07, 6.45) is 0. The molecule has 20 heavy (non-hydrogen) atoms. The topological polar surface area (TPSA) is 55.1 Å². The van der Waals surface area contributed by atoms with Gasteiger partial charge < -0.3 is 11.1 Å². The van der Waals surface area contributed by atoms with Gasteiger partial charge in [-0.25, -0.2) is 13.2 Å². The summed E-state index contributed by atoms with van der Waals surface area (Å²) in [5, 5.41) is 2.27. The predicted molar refractivity (Wildman–Crippen MR) is 72.8 cm³/mol. The number of rotatable bonds is 2. The van der Waals surface area contributed by atoms with Gasteiger partial charge in [-0.05, 0) is 46.3 Å². The van der Waals surface area contributed by atoms with Gasteiger partial charge in [0.25, 0.3) is 5.91 Å². The van der Waals surface area contributed by atoms with E-state index >= 15 is 0 Å². The summed E-state index contributed by atoms with van der Waals surface area (Å²) in [6, 6.07) is 5.09. The van der Waals surface area contributed by atoms with E-state index in [0.717, 1.165) is 12.1 Å². The summed E-state index contributed by atoms with van der Waals surface area (Å²) in [5.41, 5.74) is 4.30.